The van der Waals surface area contributed by atoms with Gasteiger partial charge in [-0.2, -0.15) is 4.98 Å². The zero-order valence-corrected chi connectivity index (χ0v) is 11.5. The molecular formula is C13H14ClN5O. The predicted molar refractivity (Wildman–Crippen MR) is 76.2 cm³/mol. The Labute approximate surface area is 121 Å². The fourth-order valence-corrected chi connectivity index (χ4v) is 2.41. The van der Waals surface area contributed by atoms with Gasteiger partial charge in [0.1, 0.15) is 6.33 Å². The Kier molecular flexibility index (Phi) is 3.77. The smallest absolute Gasteiger partial charge is 0.223 e. The molecule has 3 rings (SSSR count). The summed E-state index contributed by atoms with van der Waals surface area (Å²) >= 11 is 6.19. The predicted octanol–water partition coefficient (Wildman–Crippen LogP) is 1.44. The van der Waals surface area contributed by atoms with Gasteiger partial charge in [-0.15, -0.1) is 0 Å². The van der Waals surface area contributed by atoms with Gasteiger partial charge in [-0.05, 0) is 23.8 Å². The molecule has 0 unspecified atom stereocenters. The Balaban J connectivity index is 1.97. The number of nitrogens with one attached hydrogen (secondary N) is 1. The molecule has 0 radical (unpaired) electrons. The number of halogens is 1. The Hall–Kier alpha value is -1.76. The monoisotopic (exact) mass is 291 g/mol. The first-order chi connectivity index (χ1) is 9.72. The topological polar surface area (TPSA) is 86.0 Å². The maximum Gasteiger partial charge on any atom is 0.223 e. The third-order valence-electron chi connectivity index (χ3n) is 3.09. The lowest BCUT2D eigenvalue weighted by molar-refractivity contribution is 0.0769. The van der Waals surface area contributed by atoms with Crippen LogP contribution in [0.4, 0.5) is 5.95 Å². The SMILES string of the molecule is Nc1ncnc(-c2cc(Cl)cc([C@@H]3COCCN3)c2)n1. The van der Waals surface area contributed by atoms with E-state index in [1.807, 2.05) is 18.2 Å². The van der Waals surface area contributed by atoms with E-state index in [2.05, 4.69) is 20.3 Å². The quantitative estimate of drug-likeness (QED) is 0.871. The number of ether oxygens (including phenoxy) is 1. The van der Waals surface area contributed by atoms with Crippen molar-refractivity contribution in [3.05, 3.63) is 35.1 Å². The maximum atomic E-state index is 6.19. The summed E-state index contributed by atoms with van der Waals surface area (Å²) in [4.78, 5) is 12.0. The molecule has 0 saturated carbocycles. The Morgan fingerprint density at radius 2 is 2.20 bits per heavy atom. The molecule has 1 aromatic carbocycles. The number of hydrogen-bond donors (Lipinski definition) is 2. The van der Waals surface area contributed by atoms with Crippen molar-refractivity contribution in [1.29, 1.82) is 0 Å². The molecule has 1 aliphatic rings. The van der Waals surface area contributed by atoms with E-state index in [9.17, 15) is 0 Å². The van der Waals surface area contributed by atoms with E-state index in [4.69, 9.17) is 22.1 Å². The van der Waals surface area contributed by atoms with Crippen LogP contribution in [-0.4, -0.2) is 34.7 Å². The first-order valence-corrected chi connectivity index (χ1v) is 6.66. The number of benzene rings is 1. The molecule has 2 heterocycles. The fraction of sp³-hybridized carbons (Fsp3) is 0.308. The van der Waals surface area contributed by atoms with Crippen molar-refractivity contribution in [2.45, 2.75) is 6.04 Å². The molecule has 0 bridgehead atoms. The molecule has 0 aliphatic carbocycles. The minimum Gasteiger partial charge on any atom is -0.378 e. The van der Waals surface area contributed by atoms with Crippen molar-refractivity contribution in [2.75, 3.05) is 25.5 Å². The molecule has 1 saturated heterocycles. The molecule has 3 N–H and O–H groups in total. The average Bonchev–Trinajstić information content (AvgIpc) is 2.47. The highest BCUT2D eigenvalue weighted by molar-refractivity contribution is 6.30. The van der Waals surface area contributed by atoms with Gasteiger partial charge in [-0.25, -0.2) is 9.97 Å². The summed E-state index contributed by atoms with van der Waals surface area (Å²) in [5.41, 5.74) is 7.45. The van der Waals surface area contributed by atoms with Gasteiger partial charge in [0.25, 0.3) is 0 Å². The zero-order chi connectivity index (χ0) is 13.9. The van der Waals surface area contributed by atoms with Crippen LogP contribution in [0.3, 0.4) is 0 Å². The van der Waals surface area contributed by atoms with Gasteiger partial charge < -0.3 is 15.8 Å². The largest absolute Gasteiger partial charge is 0.378 e. The molecule has 1 aromatic heterocycles. The van der Waals surface area contributed by atoms with Crippen molar-refractivity contribution in [3.8, 4) is 11.4 Å². The Morgan fingerprint density at radius 1 is 1.30 bits per heavy atom. The third-order valence-corrected chi connectivity index (χ3v) is 3.31. The van der Waals surface area contributed by atoms with Gasteiger partial charge in [0.15, 0.2) is 5.82 Å². The van der Waals surface area contributed by atoms with E-state index in [1.54, 1.807) is 0 Å². The van der Waals surface area contributed by atoms with E-state index in [-0.39, 0.29) is 12.0 Å². The van der Waals surface area contributed by atoms with Gasteiger partial charge >= 0.3 is 0 Å². The summed E-state index contributed by atoms with van der Waals surface area (Å²) in [7, 11) is 0. The van der Waals surface area contributed by atoms with Crippen molar-refractivity contribution < 1.29 is 4.74 Å². The lowest BCUT2D eigenvalue weighted by Gasteiger charge is -2.24. The van der Waals surface area contributed by atoms with Gasteiger partial charge in [-0.3, -0.25) is 0 Å². The van der Waals surface area contributed by atoms with Crippen LogP contribution in [0.1, 0.15) is 11.6 Å². The number of morpholine rings is 1. The first-order valence-electron chi connectivity index (χ1n) is 6.29. The van der Waals surface area contributed by atoms with E-state index >= 15 is 0 Å². The standard InChI is InChI=1S/C13H14ClN5O/c14-10-4-8(11-6-20-2-1-16-11)3-9(5-10)12-17-7-18-13(15)19-12/h3-5,7,11,16H,1-2,6H2,(H2,15,17,18,19)/t11-/m0/s1. The lowest BCUT2D eigenvalue weighted by Crippen LogP contribution is -2.34. The van der Waals surface area contributed by atoms with E-state index < -0.39 is 0 Å². The highest BCUT2D eigenvalue weighted by atomic mass is 35.5. The molecule has 0 spiro atoms. The minimum absolute atomic E-state index is 0.125. The van der Waals surface area contributed by atoms with Crippen molar-refractivity contribution in [3.63, 3.8) is 0 Å². The van der Waals surface area contributed by atoms with Crippen LogP contribution in [0.5, 0.6) is 0 Å². The van der Waals surface area contributed by atoms with Gasteiger partial charge in [0.2, 0.25) is 5.95 Å². The summed E-state index contributed by atoms with van der Waals surface area (Å²) in [6, 6.07) is 5.85. The summed E-state index contributed by atoms with van der Waals surface area (Å²) < 4.78 is 5.47. The van der Waals surface area contributed by atoms with Crippen LogP contribution in [0, 0.1) is 0 Å². The summed E-state index contributed by atoms with van der Waals surface area (Å²) in [6.45, 7) is 2.18. The first kappa shape index (κ1) is 13.2. The fourth-order valence-electron chi connectivity index (χ4n) is 2.17. The molecule has 20 heavy (non-hydrogen) atoms. The van der Waals surface area contributed by atoms with Gasteiger partial charge in [-0.1, -0.05) is 11.6 Å². The number of anilines is 1. The minimum atomic E-state index is 0.125. The Morgan fingerprint density at radius 3 is 2.95 bits per heavy atom. The van der Waals surface area contributed by atoms with Crippen LogP contribution in [0.25, 0.3) is 11.4 Å². The Bertz CT molecular complexity index is 615. The summed E-state index contributed by atoms with van der Waals surface area (Å²) in [6.07, 6.45) is 1.39. The molecule has 1 fully saturated rings. The highest BCUT2D eigenvalue weighted by Gasteiger charge is 2.17. The zero-order valence-electron chi connectivity index (χ0n) is 10.7. The number of nitrogens with zero attached hydrogens (tertiary/aromatic N) is 3. The number of rotatable bonds is 2. The normalized spacial score (nSPS) is 18.9. The molecule has 2 aromatic rings. The molecule has 104 valence electrons. The van der Waals surface area contributed by atoms with E-state index in [0.29, 0.717) is 17.5 Å². The number of nitrogen functional groups attached to an aromatic ring is 1. The third kappa shape index (κ3) is 2.87. The number of nitrogens with two attached hydrogens (primary N) is 1. The number of hydrogen-bond acceptors (Lipinski definition) is 6. The lowest BCUT2D eigenvalue weighted by atomic mass is 10.0. The molecule has 6 nitrogen and oxygen atoms in total. The molecular weight excluding hydrogens is 278 g/mol. The molecule has 1 atom stereocenters. The van der Waals surface area contributed by atoms with Crippen molar-refractivity contribution in [1.82, 2.24) is 20.3 Å². The van der Waals surface area contributed by atoms with Crippen LogP contribution >= 0.6 is 11.6 Å². The molecule has 0 amide bonds. The van der Waals surface area contributed by atoms with Crippen LogP contribution in [0.2, 0.25) is 5.02 Å². The van der Waals surface area contributed by atoms with Crippen molar-refractivity contribution in [2.24, 2.45) is 0 Å². The van der Waals surface area contributed by atoms with Crippen LogP contribution < -0.4 is 11.1 Å². The molecule has 1 aliphatic heterocycles. The summed E-state index contributed by atoms with van der Waals surface area (Å²) in [5, 5.41) is 4.02. The van der Waals surface area contributed by atoms with Gasteiger partial charge in [0.05, 0.1) is 19.3 Å². The van der Waals surface area contributed by atoms with Crippen LogP contribution in [0.15, 0.2) is 24.5 Å². The second-order valence-corrected chi connectivity index (χ2v) is 4.96. The number of aromatic nitrogens is 3. The van der Waals surface area contributed by atoms with E-state index in [1.165, 1.54) is 6.33 Å². The molecule has 7 heteroatoms. The second kappa shape index (κ2) is 5.70. The second-order valence-electron chi connectivity index (χ2n) is 4.52. The van der Waals surface area contributed by atoms with Gasteiger partial charge in [0, 0.05) is 17.1 Å². The highest BCUT2D eigenvalue weighted by Crippen LogP contribution is 2.26. The average molecular weight is 292 g/mol. The van der Waals surface area contributed by atoms with Crippen molar-refractivity contribution >= 4 is 17.5 Å². The van der Waals surface area contributed by atoms with E-state index in [0.717, 1.165) is 24.3 Å². The summed E-state index contributed by atoms with van der Waals surface area (Å²) in [5.74, 6) is 0.702. The van der Waals surface area contributed by atoms with Crippen LogP contribution in [-0.2, 0) is 4.74 Å². The maximum absolute atomic E-state index is 6.19.